The maximum absolute atomic E-state index is 13.6. The van der Waals surface area contributed by atoms with Crippen LogP contribution in [0.4, 0.5) is 0 Å². The van der Waals surface area contributed by atoms with E-state index in [0.29, 0.717) is 13.1 Å². The number of carbonyl (C=O) groups excluding carboxylic acids is 2. The quantitative estimate of drug-likeness (QED) is 0.598. The van der Waals surface area contributed by atoms with E-state index in [9.17, 15) is 9.59 Å². The maximum Gasteiger partial charge on any atom is 0.252 e. The number of hydrogen-bond acceptors (Lipinski definition) is 3. The minimum absolute atomic E-state index is 0.00930. The number of nitrogens with zero attached hydrogens (tertiary/aromatic N) is 2. The summed E-state index contributed by atoms with van der Waals surface area (Å²) < 4.78 is 0. The van der Waals surface area contributed by atoms with Crippen molar-refractivity contribution in [3.8, 4) is 0 Å². The van der Waals surface area contributed by atoms with Gasteiger partial charge >= 0.3 is 0 Å². The van der Waals surface area contributed by atoms with E-state index >= 15 is 0 Å². The van der Waals surface area contributed by atoms with Crippen molar-refractivity contribution in [1.82, 2.24) is 15.2 Å². The Morgan fingerprint density at radius 1 is 1.00 bits per heavy atom. The zero-order chi connectivity index (χ0) is 23.7. The average molecular weight is 454 g/mol. The molecule has 1 aromatic heterocycles. The Morgan fingerprint density at radius 3 is 2.44 bits per heavy atom. The third-order valence-corrected chi connectivity index (χ3v) is 6.95. The van der Waals surface area contributed by atoms with E-state index in [1.165, 1.54) is 5.57 Å². The number of pyridine rings is 1. The number of amides is 2. The van der Waals surface area contributed by atoms with Gasteiger partial charge in [-0.2, -0.15) is 0 Å². The van der Waals surface area contributed by atoms with Gasteiger partial charge in [-0.05, 0) is 54.5 Å². The number of hydrogen-bond donors (Lipinski definition) is 1. The van der Waals surface area contributed by atoms with Crippen molar-refractivity contribution in [3.05, 3.63) is 77.0 Å². The topological polar surface area (TPSA) is 62.3 Å². The molecule has 0 radical (unpaired) electrons. The van der Waals surface area contributed by atoms with Crippen LogP contribution in [0.5, 0.6) is 0 Å². The fourth-order valence-electron chi connectivity index (χ4n) is 5.16. The highest BCUT2D eigenvalue weighted by Gasteiger charge is 2.29. The van der Waals surface area contributed by atoms with Gasteiger partial charge in [0.2, 0.25) is 5.91 Å². The number of fused-ring (bicyclic) bond motifs is 2. The largest absolute Gasteiger partial charge is 0.349 e. The monoisotopic (exact) mass is 453 g/mol. The molecule has 2 amide bonds. The molecule has 34 heavy (non-hydrogen) atoms. The lowest BCUT2D eigenvalue weighted by molar-refractivity contribution is -0.135. The second-order valence-corrected chi connectivity index (χ2v) is 9.64. The summed E-state index contributed by atoms with van der Waals surface area (Å²) >= 11 is 0. The molecule has 3 aromatic rings. The third-order valence-electron chi connectivity index (χ3n) is 6.95. The van der Waals surface area contributed by atoms with Crippen LogP contribution in [-0.2, 0) is 11.2 Å². The Hall–Kier alpha value is -3.47. The summed E-state index contributed by atoms with van der Waals surface area (Å²) in [6, 6.07) is 18.3. The van der Waals surface area contributed by atoms with Crippen LogP contribution in [0.1, 0.15) is 60.3 Å². The maximum atomic E-state index is 13.6. The number of allylic oxidation sites excluding steroid dienone is 1. The minimum atomic E-state index is -0.0237. The first kappa shape index (κ1) is 22.3. The summed E-state index contributed by atoms with van der Waals surface area (Å²) in [5.74, 6) is 0.181. The van der Waals surface area contributed by atoms with E-state index in [0.717, 1.165) is 59.0 Å². The summed E-state index contributed by atoms with van der Waals surface area (Å²) in [5.41, 5.74) is 5.94. The molecule has 1 fully saturated rings. The van der Waals surface area contributed by atoms with E-state index in [1.807, 2.05) is 61.2 Å². The van der Waals surface area contributed by atoms with E-state index in [1.54, 1.807) is 0 Å². The first-order valence-corrected chi connectivity index (χ1v) is 12.3. The molecule has 174 valence electrons. The highest BCUT2D eigenvalue weighted by Crippen LogP contribution is 2.37. The van der Waals surface area contributed by atoms with Crippen molar-refractivity contribution in [3.63, 3.8) is 0 Å². The van der Waals surface area contributed by atoms with Crippen molar-refractivity contribution in [1.29, 1.82) is 0 Å². The molecule has 0 saturated carbocycles. The highest BCUT2D eigenvalue weighted by atomic mass is 16.2. The summed E-state index contributed by atoms with van der Waals surface area (Å²) in [5, 5.41) is 4.20. The fraction of sp³-hybridized carbons (Fsp3) is 0.345. The van der Waals surface area contributed by atoms with Crippen molar-refractivity contribution >= 4 is 34.4 Å². The molecule has 2 heterocycles. The van der Waals surface area contributed by atoms with Gasteiger partial charge in [-0.3, -0.25) is 9.59 Å². The molecule has 0 unspecified atom stereocenters. The standard InChI is InChI=1S/C29H31N3O2/c1-19(2)29(34)32-16-14-22(15-17-32)30-28(33)26-23-10-6-7-11-25(23)31-27-21(12-13-24(26)27)18-20-8-4-3-5-9-20/h3-11,18-19,22H,12-17H2,1-2H3,(H,30,33)/b21-18+. The van der Waals surface area contributed by atoms with Crippen LogP contribution in [0, 0.1) is 5.92 Å². The van der Waals surface area contributed by atoms with Gasteiger partial charge in [0.05, 0.1) is 16.8 Å². The molecule has 0 atom stereocenters. The second kappa shape index (κ2) is 9.41. The van der Waals surface area contributed by atoms with Crippen molar-refractivity contribution in [2.75, 3.05) is 13.1 Å². The number of aromatic nitrogens is 1. The zero-order valence-electron chi connectivity index (χ0n) is 19.9. The lowest BCUT2D eigenvalue weighted by atomic mass is 9.98. The lowest BCUT2D eigenvalue weighted by Gasteiger charge is -2.33. The highest BCUT2D eigenvalue weighted by molar-refractivity contribution is 6.09. The summed E-state index contributed by atoms with van der Waals surface area (Å²) in [6.07, 6.45) is 5.46. The molecule has 5 rings (SSSR count). The minimum Gasteiger partial charge on any atom is -0.349 e. The summed E-state index contributed by atoms with van der Waals surface area (Å²) in [7, 11) is 0. The van der Waals surface area contributed by atoms with E-state index in [4.69, 9.17) is 4.98 Å². The number of piperidine rings is 1. The predicted molar refractivity (Wildman–Crippen MR) is 136 cm³/mol. The van der Waals surface area contributed by atoms with Crippen molar-refractivity contribution < 1.29 is 9.59 Å². The molecule has 5 heteroatoms. The first-order valence-electron chi connectivity index (χ1n) is 12.3. The third kappa shape index (κ3) is 4.35. The van der Waals surface area contributed by atoms with E-state index < -0.39 is 0 Å². The van der Waals surface area contributed by atoms with Crippen LogP contribution in [0.15, 0.2) is 54.6 Å². The van der Waals surface area contributed by atoms with E-state index in [-0.39, 0.29) is 23.8 Å². The number of benzene rings is 2. The molecule has 1 aliphatic carbocycles. The Balaban J connectivity index is 1.43. The fourth-order valence-corrected chi connectivity index (χ4v) is 5.16. The van der Waals surface area contributed by atoms with Crippen LogP contribution < -0.4 is 5.32 Å². The molecule has 0 bridgehead atoms. The second-order valence-electron chi connectivity index (χ2n) is 9.64. The van der Waals surface area contributed by atoms with Crippen LogP contribution in [0.2, 0.25) is 0 Å². The molecular weight excluding hydrogens is 422 g/mol. The Bertz CT molecular complexity index is 1260. The van der Waals surface area contributed by atoms with Crippen LogP contribution >= 0.6 is 0 Å². The summed E-state index contributed by atoms with van der Waals surface area (Å²) in [6.45, 7) is 5.26. The molecule has 1 saturated heterocycles. The molecular formula is C29H31N3O2. The Labute approximate surface area is 200 Å². The van der Waals surface area contributed by atoms with Crippen LogP contribution in [0.25, 0.3) is 22.6 Å². The number of likely N-dealkylation sites (tertiary alicyclic amines) is 1. The Morgan fingerprint density at radius 2 is 1.71 bits per heavy atom. The predicted octanol–water partition coefficient (Wildman–Crippen LogP) is 5.10. The van der Waals surface area contributed by atoms with Crippen molar-refractivity contribution in [2.45, 2.75) is 45.6 Å². The molecule has 5 nitrogen and oxygen atoms in total. The molecule has 1 N–H and O–H groups in total. The number of para-hydroxylation sites is 1. The zero-order valence-corrected chi connectivity index (χ0v) is 19.9. The molecule has 2 aliphatic rings. The van der Waals surface area contributed by atoms with Crippen LogP contribution in [0.3, 0.4) is 0 Å². The van der Waals surface area contributed by atoms with Gasteiger partial charge in [0.15, 0.2) is 0 Å². The summed E-state index contributed by atoms with van der Waals surface area (Å²) in [4.78, 5) is 32.8. The SMILES string of the molecule is CC(C)C(=O)N1CCC(NC(=O)c2c3c(nc4ccccc24)/C(=C/c2ccccc2)CC3)CC1. The van der Waals surface area contributed by atoms with Crippen LogP contribution in [-0.4, -0.2) is 40.8 Å². The van der Waals surface area contributed by atoms with Gasteiger partial charge in [0.25, 0.3) is 5.91 Å². The van der Waals surface area contributed by atoms with Gasteiger partial charge < -0.3 is 10.2 Å². The Kier molecular flexibility index (Phi) is 6.18. The number of carbonyl (C=O) groups is 2. The van der Waals surface area contributed by atoms with Gasteiger partial charge in [-0.15, -0.1) is 0 Å². The normalized spacial score (nSPS) is 17.4. The molecule has 1 aliphatic heterocycles. The van der Waals surface area contributed by atoms with Gasteiger partial charge in [0, 0.05) is 30.4 Å². The van der Waals surface area contributed by atoms with E-state index in [2.05, 4.69) is 23.5 Å². The number of rotatable bonds is 4. The molecule has 0 spiro atoms. The lowest BCUT2D eigenvalue weighted by Crippen LogP contribution is -2.47. The van der Waals surface area contributed by atoms with Gasteiger partial charge in [-0.25, -0.2) is 4.98 Å². The average Bonchev–Trinajstić information content (AvgIpc) is 3.24. The molecule has 2 aromatic carbocycles. The smallest absolute Gasteiger partial charge is 0.252 e. The first-order chi connectivity index (χ1) is 16.5. The van der Waals surface area contributed by atoms with Gasteiger partial charge in [-0.1, -0.05) is 62.4 Å². The van der Waals surface area contributed by atoms with Crippen molar-refractivity contribution in [2.24, 2.45) is 5.92 Å². The van der Waals surface area contributed by atoms with Gasteiger partial charge in [0.1, 0.15) is 0 Å². The number of nitrogens with one attached hydrogen (secondary N) is 1.